The smallest absolute Gasteiger partial charge is 0.273 e. The lowest BCUT2D eigenvalue weighted by atomic mass is 9.96. The van der Waals surface area contributed by atoms with Gasteiger partial charge < -0.3 is 10.4 Å². The van der Waals surface area contributed by atoms with E-state index in [0.717, 1.165) is 0 Å². The van der Waals surface area contributed by atoms with Gasteiger partial charge in [0.2, 0.25) is 5.91 Å². The largest absolute Gasteiger partial charge is 0.384 e. The third-order valence-electron chi connectivity index (χ3n) is 3.56. The van der Waals surface area contributed by atoms with Gasteiger partial charge in [-0.15, -0.1) is 0 Å². The van der Waals surface area contributed by atoms with Crippen molar-refractivity contribution in [2.24, 2.45) is 0 Å². The molecule has 0 fully saturated rings. The Kier molecular flexibility index (Phi) is 5.08. The van der Waals surface area contributed by atoms with Crippen LogP contribution in [0.15, 0.2) is 54.6 Å². The molecule has 2 aromatic rings. The van der Waals surface area contributed by atoms with Crippen LogP contribution in [0, 0.1) is 10.1 Å². The molecule has 0 aliphatic rings. The lowest BCUT2D eigenvalue weighted by Crippen LogP contribution is -2.39. The van der Waals surface area contributed by atoms with Gasteiger partial charge in [0.15, 0.2) is 0 Å². The first-order valence-electron chi connectivity index (χ1n) is 7.17. The summed E-state index contributed by atoms with van der Waals surface area (Å²) in [5.41, 5.74) is -0.266. The molecule has 0 saturated heterocycles. The molecule has 23 heavy (non-hydrogen) atoms. The highest BCUT2D eigenvalue weighted by molar-refractivity contribution is 5.79. The second-order valence-corrected chi connectivity index (χ2v) is 5.48. The summed E-state index contributed by atoms with van der Waals surface area (Å²) in [6.07, 6.45) is -0.109. The van der Waals surface area contributed by atoms with E-state index in [0.29, 0.717) is 11.1 Å². The number of rotatable bonds is 6. The number of nitrogens with zero attached hydrogens (tertiary/aromatic N) is 1. The minimum atomic E-state index is -1.21. The van der Waals surface area contributed by atoms with Crippen molar-refractivity contribution >= 4 is 11.6 Å². The van der Waals surface area contributed by atoms with E-state index in [-0.39, 0.29) is 24.6 Å². The highest BCUT2D eigenvalue weighted by Gasteiger charge is 2.24. The third kappa shape index (κ3) is 4.37. The Hall–Kier alpha value is -2.73. The van der Waals surface area contributed by atoms with Gasteiger partial charge in [0.05, 0.1) is 17.9 Å². The van der Waals surface area contributed by atoms with Gasteiger partial charge in [-0.25, -0.2) is 0 Å². The Labute approximate surface area is 133 Å². The van der Waals surface area contributed by atoms with Crippen molar-refractivity contribution in [2.75, 3.05) is 6.54 Å². The number of carbonyl (C=O) groups is 1. The summed E-state index contributed by atoms with van der Waals surface area (Å²) in [6.45, 7) is 1.63. The summed E-state index contributed by atoms with van der Waals surface area (Å²) in [5, 5.41) is 24.0. The average Bonchev–Trinajstić information content (AvgIpc) is 2.54. The van der Waals surface area contributed by atoms with Crippen LogP contribution in [0.1, 0.15) is 18.1 Å². The molecule has 0 aliphatic carbocycles. The number of hydrogen-bond donors (Lipinski definition) is 2. The summed E-state index contributed by atoms with van der Waals surface area (Å²) in [6, 6.07) is 15.1. The molecule has 0 bridgehead atoms. The Bertz CT molecular complexity index is 699. The van der Waals surface area contributed by atoms with E-state index in [2.05, 4.69) is 5.32 Å². The van der Waals surface area contributed by atoms with Gasteiger partial charge >= 0.3 is 0 Å². The van der Waals surface area contributed by atoms with Crippen LogP contribution in [-0.2, 0) is 16.8 Å². The lowest BCUT2D eigenvalue weighted by molar-refractivity contribution is -0.385. The minimum absolute atomic E-state index is 0.0243. The van der Waals surface area contributed by atoms with Gasteiger partial charge in [-0.2, -0.15) is 0 Å². The van der Waals surface area contributed by atoms with Gasteiger partial charge in [0.1, 0.15) is 5.60 Å². The average molecular weight is 314 g/mol. The Morgan fingerprint density at radius 2 is 1.78 bits per heavy atom. The Balaban J connectivity index is 2.00. The van der Waals surface area contributed by atoms with E-state index < -0.39 is 10.5 Å². The molecule has 0 heterocycles. The zero-order chi connectivity index (χ0) is 16.9. The Morgan fingerprint density at radius 3 is 2.43 bits per heavy atom. The zero-order valence-corrected chi connectivity index (χ0v) is 12.7. The molecule has 2 N–H and O–H groups in total. The van der Waals surface area contributed by atoms with E-state index in [1.165, 1.54) is 6.07 Å². The second kappa shape index (κ2) is 7.02. The quantitative estimate of drug-likeness (QED) is 0.631. The number of aliphatic hydroxyl groups is 1. The number of nitro groups is 1. The maximum atomic E-state index is 12.0. The van der Waals surface area contributed by atoms with E-state index in [1.807, 2.05) is 6.07 Å². The van der Waals surface area contributed by atoms with E-state index >= 15 is 0 Å². The number of nitrogens with one attached hydrogen (secondary N) is 1. The van der Waals surface area contributed by atoms with Crippen molar-refractivity contribution < 1.29 is 14.8 Å². The van der Waals surface area contributed by atoms with E-state index in [4.69, 9.17) is 0 Å². The van der Waals surface area contributed by atoms with E-state index in [9.17, 15) is 20.0 Å². The first-order chi connectivity index (χ1) is 10.9. The molecule has 6 nitrogen and oxygen atoms in total. The second-order valence-electron chi connectivity index (χ2n) is 5.48. The molecule has 0 spiro atoms. The number of nitro benzene ring substituents is 1. The highest BCUT2D eigenvalue weighted by Crippen LogP contribution is 2.20. The molecule has 0 aromatic heterocycles. The maximum absolute atomic E-state index is 12.0. The van der Waals surface area contributed by atoms with Crippen LogP contribution in [0.5, 0.6) is 0 Å². The third-order valence-corrected chi connectivity index (χ3v) is 3.56. The number of hydrogen-bond acceptors (Lipinski definition) is 4. The predicted molar refractivity (Wildman–Crippen MR) is 85.8 cm³/mol. The van der Waals surface area contributed by atoms with Crippen molar-refractivity contribution in [1.29, 1.82) is 0 Å². The summed E-state index contributed by atoms with van der Waals surface area (Å²) >= 11 is 0. The van der Waals surface area contributed by atoms with Crippen molar-refractivity contribution in [3.63, 3.8) is 0 Å². The van der Waals surface area contributed by atoms with Gasteiger partial charge in [-0.1, -0.05) is 48.5 Å². The molecular formula is C17H18N2O4. The van der Waals surface area contributed by atoms with Crippen LogP contribution in [-0.4, -0.2) is 22.5 Å². The normalized spacial score (nSPS) is 13.1. The molecule has 120 valence electrons. The molecule has 1 atom stereocenters. The highest BCUT2D eigenvalue weighted by atomic mass is 16.6. The van der Waals surface area contributed by atoms with Crippen molar-refractivity contribution in [1.82, 2.24) is 5.32 Å². The first-order valence-corrected chi connectivity index (χ1v) is 7.17. The topological polar surface area (TPSA) is 92.5 Å². The fraction of sp³-hybridized carbons (Fsp3) is 0.235. The van der Waals surface area contributed by atoms with Gasteiger partial charge in [-0.05, 0) is 12.5 Å². The fourth-order valence-electron chi connectivity index (χ4n) is 2.24. The fourth-order valence-corrected chi connectivity index (χ4v) is 2.24. The van der Waals surface area contributed by atoms with Gasteiger partial charge in [0.25, 0.3) is 5.69 Å². The molecule has 2 rings (SSSR count). The molecule has 0 saturated carbocycles. The van der Waals surface area contributed by atoms with Gasteiger partial charge in [0, 0.05) is 11.6 Å². The summed E-state index contributed by atoms with van der Waals surface area (Å²) in [5.74, 6) is -0.379. The number of carbonyl (C=O) groups excluding carboxylic acids is 1. The van der Waals surface area contributed by atoms with Crippen LogP contribution in [0.3, 0.4) is 0 Å². The summed E-state index contributed by atoms with van der Waals surface area (Å²) < 4.78 is 0. The summed E-state index contributed by atoms with van der Waals surface area (Å²) in [7, 11) is 0. The SMILES string of the molecule is CC(O)(CNC(=O)Cc1ccccc1[N+](=O)[O-])c1ccccc1. The van der Waals surface area contributed by atoms with Crippen LogP contribution >= 0.6 is 0 Å². The standard InChI is InChI=1S/C17H18N2O4/c1-17(21,14-8-3-2-4-9-14)12-18-16(20)11-13-7-5-6-10-15(13)19(22)23/h2-10,21H,11-12H2,1H3,(H,18,20). The van der Waals surface area contributed by atoms with Crippen molar-refractivity contribution in [3.05, 3.63) is 75.8 Å². The molecule has 1 amide bonds. The molecule has 0 aliphatic heterocycles. The molecule has 1 unspecified atom stereocenters. The zero-order valence-electron chi connectivity index (χ0n) is 12.7. The van der Waals surface area contributed by atoms with Crippen LogP contribution in [0.4, 0.5) is 5.69 Å². The molecule has 2 aromatic carbocycles. The molecular weight excluding hydrogens is 296 g/mol. The maximum Gasteiger partial charge on any atom is 0.273 e. The van der Waals surface area contributed by atoms with Crippen molar-refractivity contribution in [3.8, 4) is 0 Å². The summed E-state index contributed by atoms with van der Waals surface area (Å²) in [4.78, 5) is 22.4. The van der Waals surface area contributed by atoms with Crippen LogP contribution in [0.25, 0.3) is 0 Å². The minimum Gasteiger partial charge on any atom is -0.384 e. The number of benzene rings is 2. The van der Waals surface area contributed by atoms with Crippen molar-refractivity contribution in [2.45, 2.75) is 18.9 Å². The predicted octanol–water partition coefficient (Wildman–Crippen LogP) is 2.16. The number of amides is 1. The lowest BCUT2D eigenvalue weighted by Gasteiger charge is -2.24. The first kappa shape index (κ1) is 16.6. The number of para-hydroxylation sites is 1. The molecule has 6 heteroatoms. The van der Waals surface area contributed by atoms with Crippen LogP contribution in [0.2, 0.25) is 0 Å². The Morgan fingerprint density at radius 1 is 1.17 bits per heavy atom. The molecule has 0 radical (unpaired) electrons. The monoisotopic (exact) mass is 314 g/mol. The van der Waals surface area contributed by atoms with Crippen LogP contribution < -0.4 is 5.32 Å². The van der Waals surface area contributed by atoms with Gasteiger partial charge in [-0.3, -0.25) is 14.9 Å². The van der Waals surface area contributed by atoms with E-state index in [1.54, 1.807) is 49.4 Å².